The number of hydrogen-bond donors (Lipinski definition) is 2. The van der Waals surface area contributed by atoms with Crippen molar-refractivity contribution in [2.75, 3.05) is 10.6 Å². The summed E-state index contributed by atoms with van der Waals surface area (Å²) in [5.74, 6) is 1.41. The summed E-state index contributed by atoms with van der Waals surface area (Å²) in [4.78, 5) is 50.8. The Morgan fingerprint density at radius 1 is 0.205 bits per heavy atom. The maximum Gasteiger partial charge on any atom is 0.172 e. The van der Waals surface area contributed by atoms with Crippen molar-refractivity contribution in [1.82, 2.24) is 15.0 Å². The van der Waals surface area contributed by atoms with Gasteiger partial charge in [0, 0.05) is 119 Å². The molecule has 0 aliphatic rings. The molecule has 14 aromatic heterocycles. The monoisotopic (exact) mass is 1970 g/mol. The highest BCUT2D eigenvalue weighted by Gasteiger charge is 2.29. The minimum absolute atomic E-state index is 0.700. The maximum absolute atomic E-state index is 5.88. The predicted octanol–water partition coefficient (Wildman–Crippen LogP) is 42.2. The number of nitrogens with one attached hydrogen (secondary N) is 2. The number of benzene rings is 2. The van der Waals surface area contributed by atoms with Crippen LogP contribution in [0.15, 0.2) is 176 Å². The summed E-state index contributed by atoms with van der Waals surface area (Å²) < 4.78 is 0. The zero-order chi connectivity index (χ0) is 90.8. The SMILES string of the molecule is CCCCCCc1ccc(-c2ccc(-c3ccc(-c4sc(-c5sc(-c6sc(-c7cc(Nc8ccccc8)c8nc(-c9cc(CCCCCC)c(-c%10cc(CCCCCC)c(-c%11cc(CCCCCC)c(-c%12ccc(-c%13ccc(-c%14ccc(CCCCCC)s%14)s%13)s%12)s%11)s%10)s9)nc(Nc9ccccc9)c8n7)cc6CCCCCC)cc5CCCCCC)cc4CCCCCC)s3)s2)s1. The van der Waals surface area contributed by atoms with Gasteiger partial charge in [0.1, 0.15) is 11.0 Å². The van der Waals surface area contributed by atoms with Gasteiger partial charge < -0.3 is 10.6 Å². The number of aryl methyl sites for hydroxylation is 8. The largest absolute Gasteiger partial charge is 0.354 e. The Balaban J connectivity index is 0.771. The van der Waals surface area contributed by atoms with Crippen molar-refractivity contribution in [2.24, 2.45) is 0 Å². The molecule has 0 saturated heterocycles. The number of fused-ring (bicyclic) bond motifs is 1. The Hall–Kier alpha value is -7.07. The van der Waals surface area contributed by atoms with Crippen LogP contribution in [0, 0.1) is 0 Å². The maximum atomic E-state index is 5.88. The van der Waals surface area contributed by atoms with Crippen molar-refractivity contribution in [3.8, 4) is 119 Å². The van der Waals surface area contributed by atoms with Crippen LogP contribution in [0.4, 0.5) is 22.9 Å². The lowest BCUT2D eigenvalue weighted by Gasteiger charge is -2.15. The number of thiophene rings is 12. The molecular formula is C115H135N5S12. The van der Waals surface area contributed by atoms with Gasteiger partial charge in [0.15, 0.2) is 11.6 Å². The van der Waals surface area contributed by atoms with E-state index in [0.29, 0.717) is 11.6 Å². The van der Waals surface area contributed by atoms with Gasteiger partial charge in [0.25, 0.3) is 0 Å². The fourth-order valence-electron chi connectivity index (χ4n) is 18.1. The second-order valence-electron chi connectivity index (χ2n) is 36.1. The third-order valence-electron chi connectivity index (χ3n) is 25.5. The predicted molar refractivity (Wildman–Crippen MR) is 599 cm³/mol. The number of pyridine rings is 1. The molecule has 0 amide bonds. The lowest BCUT2D eigenvalue weighted by Crippen LogP contribution is -2.03. The van der Waals surface area contributed by atoms with Crippen molar-refractivity contribution in [2.45, 2.75) is 312 Å². The second-order valence-corrected chi connectivity index (χ2v) is 49.1. The van der Waals surface area contributed by atoms with E-state index in [9.17, 15) is 0 Å². The second kappa shape index (κ2) is 50.3. The van der Waals surface area contributed by atoms with Gasteiger partial charge in [-0.15, -0.1) is 136 Å². The number of unbranched alkanes of at least 4 members (excludes halogenated alkanes) is 24. The van der Waals surface area contributed by atoms with E-state index in [-0.39, 0.29) is 0 Å². The molecule has 0 unspecified atom stereocenters. The average molecular weight is 1970 g/mol. The lowest BCUT2D eigenvalue weighted by atomic mass is 10.0. The molecule has 0 aliphatic heterocycles. The molecule has 692 valence electrons. The first-order chi connectivity index (χ1) is 65.1. The zero-order valence-corrected chi connectivity index (χ0v) is 89.1. The highest BCUT2D eigenvalue weighted by molar-refractivity contribution is 7.32. The normalized spacial score (nSPS) is 11.8. The smallest absolute Gasteiger partial charge is 0.172 e. The van der Waals surface area contributed by atoms with E-state index in [4.69, 9.17) is 15.0 Å². The summed E-state index contributed by atoms with van der Waals surface area (Å²) in [6.07, 6.45) is 48.6. The highest BCUT2D eigenvalue weighted by atomic mass is 32.1. The van der Waals surface area contributed by atoms with Crippen LogP contribution in [0.3, 0.4) is 0 Å². The minimum Gasteiger partial charge on any atom is -0.354 e. The molecule has 2 N–H and O–H groups in total. The molecule has 0 bridgehead atoms. The summed E-state index contributed by atoms with van der Waals surface area (Å²) in [5, 5.41) is 7.90. The highest BCUT2D eigenvalue weighted by Crippen LogP contribution is 2.55. The van der Waals surface area contributed by atoms with Crippen molar-refractivity contribution in [3.63, 3.8) is 0 Å². The van der Waals surface area contributed by atoms with Crippen LogP contribution in [0.25, 0.3) is 130 Å². The van der Waals surface area contributed by atoms with Crippen LogP contribution in [-0.2, 0) is 51.4 Å². The van der Waals surface area contributed by atoms with Gasteiger partial charge in [0.05, 0.1) is 21.1 Å². The van der Waals surface area contributed by atoms with Crippen molar-refractivity contribution in [3.05, 3.63) is 219 Å². The van der Waals surface area contributed by atoms with E-state index in [1.807, 2.05) is 102 Å². The van der Waals surface area contributed by atoms with Crippen molar-refractivity contribution >= 4 is 170 Å². The van der Waals surface area contributed by atoms with Crippen molar-refractivity contribution < 1.29 is 0 Å². The molecule has 0 spiro atoms. The molecule has 0 fully saturated rings. The zero-order valence-electron chi connectivity index (χ0n) is 79.3. The van der Waals surface area contributed by atoms with E-state index in [1.165, 1.54) is 346 Å². The standard InChI is InChI=1S/C115H135N5S12/c1-9-17-25-35-47-78-71-100(127-110(78)101-74-81(50-38-28-20-12-4)111(130-101)102-72-79(48-36-26-18-10-2)108(128-102)98-69-67-96(125-98)94-65-63-92(123-94)90-61-59-86(121-90)57-45-31-23-15-7)88-77-89(116-84-53-41-33-42-54-84)106-107(118-88)115(117-85-55-43-34-44-56-85)120-114(119-106)105-76-83(52-40-30-22-14-6)113(132-105)104-75-82(51-39-29-21-13-5)112(131-104)103-73-80(49-37-27-19-11-3)109(129-103)99-70-68-97(126-99)95-66-64-93(124-95)91-62-60-87(122-91)58-46-32-24-16-8/h33-34,41-44,53-56,59-77H,9-32,35-40,45-52,57-58H2,1-8H3,(H,116,118)(H,117,119,120). The molecule has 16 aromatic rings. The van der Waals surface area contributed by atoms with E-state index in [2.05, 4.69) is 276 Å². The van der Waals surface area contributed by atoms with Gasteiger partial charge in [0.2, 0.25) is 0 Å². The first-order valence-corrected chi connectivity index (χ1v) is 60.1. The van der Waals surface area contributed by atoms with Gasteiger partial charge in [-0.2, -0.15) is 0 Å². The minimum atomic E-state index is 0.700. The lowest BCUT2D eigenvalue weighted by molar-refractivity contribution is 0.667. The first-order valence-electron chi connectivity index (χ1n) is 50.3. The fraction of sp³-hybridized carbons (Fsp3) is 0.417. The summed E-state index contributed by atoms with van der Waals surface area (Å²) in [6, 6.07) is 67.9. The summed E-state index contributed by atoms with van der Waals surface area (Å²) in [5.41, 5.74) is 14.2. The Kier molecular flexibility index (Phi) is 37.4. The molecule has 14 heterocycles. The van der Waals surface area contributed by atoms with E-state index >= 15 is 0 Å². The van der Waals surface area contributed by atoms with Crippen LogP contribution in [-0.4, -0.2) is 15.0 Å². The molecule has 0 radical (unpaired) electrons. The van der Waals surface area contributed by atoms with Gasteiger partial charge in [-0.3, -0.25) is 0 Å². The topological polar surface area (TPSA) is 62.7 Å². The Morgan fingerprint density at radius 3 is 0.826 bits per heavy atom. The third-order valence-corrected chi connectivity index (χ3v) is 41.1. The number of hydrogen-bond acceptors (Lipinski definition) is 17. The quantitative estimate of drug-likeness (QED) is 0.0372. The Bertz CT molecular complexity index is 5850. The molecule has 0 atom stereocenters. The van der Waals surface area contributed by atoms with Crippen LogP contribution in [0.5, 0.6) is 0 Å². The number of anilines is 4. The number of rotatable bonds is 56. The van der Waals surface area contributed by atoms with Crippen LogP contribution >= 0.6 is 136 Å². The molecule has 0 saturated carbocycles. The van der Waals surface area contributed by atoms with Gasteiger partial charge in [-0.05, 0) is 276 Å². The number of para-hydroxylation sites is 2. The Labute approximate surface area is 837 Å². The average Bonchev–Trinajstić information content (AvgIpc) is 1.37. The molecule has 5 nitrogen and oxygen atoms in total. The molecule has 0 aliphatic carbocycles. The van der Waals surface area contributed by atoms with E-state index in [1.54, 1.807) is 0 Å². The van der Waals surface area contributed by atoms with Gasteiger partial charge in [-0.25, -0.2) is 15.0 Å². The fourth-order valence-corrected chi connectivity index (χ4v) is 32.5. The van der Waals surface area contributed by atoms with E-state index < -0.39 is 0 Å². The van der Waals surface area contributed by atoms with Gasteiger partial charge >= 0.3 is 0 Å². The van der Waals surface area contributed by atoms with Crippen LogP contribution < -0.4 is 10.6 Å². The van der Waals surface area contributed by atoms with Crippen LogP contribution in [0.2, 0.25) is 0 Å². The summed E-state index contributed by atoms with van der Waals surface area (Å²) in [6.45, 7) is 18.6. The molecule has 2 aromatic carbocycles. The first kappa shape index (κ1) is 98.0. The molecule has 132 heavy (non-hydrogen) atoms. The molecule has 17 heteroatoms. The number of aromatic nitrogens is 3. The molecule has 16 rings (SSSR count). The third kappa shape index (κ3) is 25.6. The molecular weight excluding hydrogens is 1840 g/mol. The van der Waals surface area contributed by atoms with E-state index in [0.717, 1.165) is 94.9 Å². The number of nitrogens with zero attached hydrogens (tertiary/aromatic N) is 3. The summed E-state index contributed by atoms with van der Waals surface area (Å²) >= 11 is 23.9. The van der Waals surface area contributed by atoms with Gasteiger partial charge in [-0.1, -0.05) is 246 Å². The Morgan fingerprint density at radius 2 is 0.477 bits per heavy atom. The van der Waals surface area contributed by atoms with Crippen molar-refractivity contribution in [1.29, 1.82) is 0 Å². The van der Waals surface area contributed by atoms with Crippen LogP contribution in [0.1, 0.15) is 304 Å². The summed E-state index contributed by atoms with van der Waals surface area (Å²) in [7, 11) is 0.